The van der Waals surface area contributed by atoms with Gasteiger partial charge in [-0.05, 0) is 34.6 Å². The predicted molar refractivity (Wildman–Crippen MR) is 131 cm³/mol. The Morgan fingerprint density at radius 2 is 0.974 bits per heavy atom. The monoisotopic (exact) mass is 719 g/mol. The van der Waals surface area contributed by atoms with Gasteiger partial charge >= 0.3 is 33.4 Å². The standard InChI is InChI=1S/C30H22F6N2.Pt/c1-27(2)19-11-17(13-21(15-19)29(31,32)33)23-7-5-8-24(37-23)18-12-20(16-22(14-18)30(34,35)36)28(3,4)26-10-6-9-25(27)38-26;/h5-10,13-16H,1-4H3;/q-2;+2. The minimum Gasteiger partial charge on any atom is -0.345 e. The van der Waals surface area contributed by atoms with E-state index in [0.717, 1.165) is 24.3 Å². The van der Waals surface area contributed by atoms with Crippen LogP contribution < -0.4 is 0 Å². The van der Waals surface area contributed by atoms with Gasteiger partial charge in [-0.1, -0.05) is 52.0 Å². The molecule has 39 heavy (non-hydrogen) atoms. The van der Waals surface area contributed by atoms with Gasteiger partial charge in [-0.3, -0.25) is 4.98 Å². The Kier molecular flexibility index (Phi) is 7.12. The largest absolute Gasteiger partial charge is 2.00 e. The normalized spacial score (nSPS) is 15.6. The molecular formula is C30H22F6N2Pt. The van der Waals surface area contributed by atoms with E-state index < -0.39 is 34.3 Å². The zero-order chi connectivity index (χ0) is 27.7. The Balaban J connectivity index is 0.00000353. The van der Waals surface area contributed by atoms with Crippen LogP contribution in [0.3, 0.4) is 0 Å². The third kappa shape index (κ3) is 5.28. The molecule has 2 aromatic carbocycles. The first kappa shape index (κ1) is 29.0. The maximum Gasteiger partial charge on any atom is 2.00 e. The van der Waals surface area contributed by atoms with Gasteiger partial charge in [0.25, 0.3) is 0 Å². The SMILES string of the molecule is CC1(C)c2[c-]c(cc(C(F)(F)F)c2)-c2cccc(n2)-c2[c-]c(cc(C(F)(F)F)c2)C(C)(C)c2cccc1n2.[Pt+2]. The fraction of sp³-hybridized carbons (Fsp3) is 0.267. The summed E-state index contributed by atoms with van der Waals surface area (Å²) in [6.45, 7) is 6.97. The van der Waals surface area contributed by atoms with E-state index in [1.807, 2.05) is 0 Å². The molecule has 3 heterocycles. The van der Waals surface area contributed by atoms with Crippen molar-refractivity contribution in [3.05, 3.63) is 106 Å². The number of alkyl halides is 6. The third-order valence-electron chi connectivity index (χ3n) is 7.07. The average molecular weight is 720 g/mol. The van der Waals surface area contributed by atoms with Crippen LogP contribution in [0, 0.1) is 12.1 Å². The number of halogens is 6. The Labute approximate surface area is 236 Å². The molecule has 4 aromatic rings. The molecular weight excluding hydrogens is 697 g/mol. The molecule has 0 fully saturated rings. The minimum absolute atomic E-state index is 0. The van der Waals surface area contributed by atoms with E-state index in [0.29, 0.717) is 11.4 Å². The maximum atomic E-state index is 14.0. The van der Waals surface area contributed by atoms with Crippen molar-refractivity contribution in [2.24, 2.45) is 0 Å². The summed E-state index contributed by atoms with van der Waals surface area (Å²) in [7, 11) is 0. The maximum absolute atomic E-state index is 14.0. The fourth-order valence-corrected chi connectivity index (χ4v) is 4.56. The molecule has 8 bridgehead atoms. The van der Waals surface area contributed by atoms with Gasteiger partial charge in [0, 0.05) is 22.2 Å². The number of nitrogens with zero attached hydrogens (tertiary/aromatic N) is 2. The van der Waals surface area contributed by atoms with Crippen molar-refractivity contribution in [1.29, 1.82) is 0 Å². The summed E-state index contributed by atoms with van der Waals surface area (Å²) in [6, 6.07) is 19.9. The number of hydrogen-bond acceptors (Lipinski definition) is 2. The van der Waals surface area contributed by atoms with E-state index in [2.05, 4.69) is 17.1 Å². The molecule has 1 aliphatic rings. The molecule has 0 spiro atoms. The van der Waals surface area contributed by atoms with Crippen molar-refractivity contribution < 1.29 is 47.4 Å². The van der Waals surface area contributed by atoms with Crippen LogP contribution in [0.2, 0.25) is 0 Å². The van der Waals surface area contributed by atoms with E-state index in [1.54, 1.807) is 52.0 Å². The summed E-state index contributed by atoms with van der Waals surface area (Å²) in [5, 5.41) is 0. The molecule has 9 heteroatoms. The van der Waals surface area contributed by atoms with Crippen molar-refractivity contribution in [2.75, 3.05) is 0 Å². The van der Waals surface area contributed by atoms with E-state index in [1.165, 1.54) is 12.1 Å². The number of benzene rings is 2. The summed E-state index contributed by atoms with van der Waals surface area (Å²) >= 11 is 0. The number of pyridine rings is 2. The van der Waals surface area contributed by atoms with E-state index in [9.17, 15) is 26.3 Å². The van der Waals surface area contributed by atoms with Crippen LogP contribution in [-0.4, -0.2) is 9.97 Å². The van der Waals surface area contributed by atoms with Gasteiger partial charge < -0.3 is 4.98 Å². The van der Waals surface area contributed by atoms with Gasteiger partial charge in [0.15, 0.2) is 0 Å². The number of aromatic nitrogens is 2. The molecule has 0 atom stereocenters. The van der Waals surface area contributed by atoms with Crippen molar-refractivity contribution in [2.45, 2.75) is 50.9 Å². The zero-order valence-electron chi connectivity index (χ0n) is 21.3. The van der Waals surface area contributed by atoms with Crippen LogP contribution in [0.5, 0.6) is 0 Å². The smallest absolute Gasteiger partial charge is 0.345 e. The third-order valence-corrected chi connectivity index (χ3v) is 7.07. The summed E-state index contributed by atoms with van der Waals surface area (Å²) in [5.74, 6) is 0. The Morgan fingerprint density at radius 3 is 1.36 bits per heavy atom. The molecule has 0 amide bonds. The van der Waals surface area contributed by atoms with Crippen LogP contribution in [0.1, 0.15) is 61.3 Å². The molecule has 0 N–H and O–H groups in total. The fourth-order valence-electron chi connectivity index (χ4n) is 4.56. The number of fused-ring (bicyclic) bond motifs is 10. The molecule has 5 rings (SSSR count). The van der Waals surface area contributed by atoms with Gasteiger partial charge in [0.2, 0.25) is 0 Å². The summed E-state index contributed by atoms with van der Waals surface area (Å²) in [5.41, 5.74) is -1.92. The zero-order valence-corrected chi connectivity index (χ0v) is 23.5. The average Bonchev–Trinajstić information content (AvgIpc) is 2.87. The quantitative estimate of drug-likeness (QED) is 0.135. The second-order valence-electron chi connectivity index (χ2n) is 10.5. The van der Waals surface area contributed by atoms with Crippen LogP contribution in [-0.2, 0) is 44.2 Å². The van der Waals surface area contributed by atoms with E-state index >= 15 is 0 Å². The summed E-state index contributed by atoms with van der Waals surface area (Å²) < 4.78 is 83.8. The predicted octanol–water partition coefficient (Wildman–Crippen LogP) is 8.41. The molecule has 0 saturated heterocycles. The first-order valence-corrected chi connectivity index (χ1v) is 11.8. The minimum atomic E-state index is -4.64. The molecule has 1 aliphatic heterocycles. The second kappa shape index (κ2) is 9.58. The Morgan fingerprint density at radius 1 is 0.590 bits per heavy atom. The molecule has 0 aliphatic carbocycles. The van der Waals surface area contributed by atoms with Crippen molar-refractivity contribution in [3.8, 4) is 22.5 Å². The van der Waals surface area contributed by atoms with Crippen molar-refractivity contribution in [3.63, 3.8) is 0 Å². The van der Waals surface area contributed by atoms with E-state index in [-0.39, 0.29) is 54.7 Å². The molecule has 2 aromatic heterocycles. The summed E-state index contributed by atoms with van der Waals surface area (Å²) in [6.07, 6.45) is -9.28. The first-order chi connectivity index (χ1) is 17.6. The van der Waals surface area contributed by atoms with Crippen LogP contribution in [0.4, 0.5) is 26.3 Å². The van der Waals surface area contributed by atoms with Gasteiger partial charge in [0.05, 0.1) is 0 Å². The molecule has 2 nitrogen and oxygen atoms in total. The van der Waals surface area contributed by atoms with Crippen LogP contribution in [0.25, 0.3) is 22.5 Å². The first-order valence-electron chi connectivity index (χ1n) is 11.8. The van der Waals surface area contributed by atoms with Crippen LogP contribution >= 0.6 is 0 Å². The molecule has 0 saturated carbocycles. The Hall–Kier alpha value is -2.99. The van der Waals surface area contributed by atoms with Gasteiger partial charge in [-0.25, -0.2) is 0 Å². The number of rotatable bonds is 0. The molecule has 0 radical (unpaired) electrons. The van der Waals surface area contributed by atoms with Crippen LogP contribution in [0.15, 0.2) is 60.7 Å². The van der Waals surface area contributed by atoms with Crippen molar-refractivity contribution >= 4 is 0 Å². The molecule has 204 valence electrons. The van der Waals surface area contributed by atoms with Gasteiger partial charge in [-0.15, -0.1) is 58.7 Å². The van der Waals surface area contributed by atoms with E-state index in [4.69, 9.17) is 4.98 Å². The Bertz CT molecular complexity index is 1450. The second-order valence-corrected chi connectivity index (χ2v) is 10.5. The molecule has 0 unspecified atom stereocenters. The van der Waals surface area contributed by atoms with Crippen molar-refractivity contribution in [1.82, 2.24) is 9.97 Å². The summed E-state index contributed by atoms with van der Waals surface area (Å²) in [4.78, 5) is 9.23. The van der Waals surface area contributed by atoms with Gasteiger partial charge in [-0.2, -0.15) is 26.3 Å². The topological polar surface area (TPSA) is 25.8 Å². The number of hydrogen-bond donors (Lipinski definition) is 0. The van der Waals surface area contributed by atoms with Gasteiger partial charge in [0.1, 0.15) is 0 Å².